The van der Waals surface area contributed by atoms with E-state index in [0.29, 0.717) is 5.92 Å². The van der Waals surface area contributed by atoms with Gasteiger partial charge < -0.3 is 19.9 Å². The number of carbonyl (C=O) groups excluding carboxylic acids is 2. The first-order valence-electron chi connectivity index (χ1n) is 11.9. The number of amides is 2. The molecule has 3 unspecified atom stereocenters. The van der Waals surface area contributed by atoms with Gasteiger partial charge in [0.1, 0.15) is 22.2 Å². The molecule has 2 aliphatic heterocycles. The maximum absolute atomic E-state index is 14.2. The number of aromatic hydroxyl groups is 1. The molecular weight excluding hydrogens is 480 g/mol. The highest BCUT2D eigenvalue weighted by atomic mass is 35.5. The van der Waals surface area contributed by atoms with Crippen LogP contribution >= 0.6 is 11.6 Å². The first-order valence-corrected chi connectivity index (χ1v) is 12.2. The Labute approximate surface area is 204 Å². The lowest BCUT2D eigenvalue weighted by Crippen LogP contribution is -2.56. The smallest absolute Gasteiger partial charge is 0.275 e. The Balaban J connectivity index is 1.37. The van der Waals surface area contributed by atoms with Crippen LogP contribution in [0.15, 0.2) is 23.1 Å². The van der Waals surface area contributed by atoms with Gasteiger partial charge in [-0.15, -0.1) is 0 Å². The van der Waals surface area contributed by atoms with Crippen LogP contribution in [0.4, 0.5) is 8.78 Å². The van der Waals surface area contributed by atoms with Gasteiger partial charge in [0.05, 0.1) is 12.1 Å². The number of aromatic nitrogens is 1. The molecule has 2 amide bonds. The quantitative estimate of drug-likeness (QED) is 0.624. The van der Waals surface area contributed by atoms with Gasteiger partial charge in [0, 0.05) is 24.3 Å². The molecule has 3 heterocycles. The van der Waals surface area contributed by atoms with E-state index in [1.165, 1.54) is 6.20 Å². The minimum Gasteiger partial charge on any atom is -0.503 e. The van der Waals surface area contributed by atoms with Gasteiger partial charge in [-0.1, -0.05) is 17.7 Å². The molecule has 1 aromatic heterocycles. The summed E-state index contributed by atoms with van der Waals surface area (Å²) in [5, 5.41) is 12.6. The number of benzene rings is 1. The lowest BCUT2D eigenvalue weighted by Gasteiger charge is -2.47. The molecule has 2 bridgehead atoms. The van der Waals surface area contributed by atoms with Crippen LogP contribution in [0.2, 0.25) is 5.02 Å². The summed E-state index contributed by atoms with van der Waals surface area (Å²) in [4.78, 5) is 41.3. The van der Waals surface area contributed by atoms with Crippen LogP contribution in [0, 0.1) is 23.0 Å². The fourth-order valence-corrected chi connectivity index (χ4v) is 6.92. The van der Waals surface area contributed by atoms with Gasteiger partial charge in [0.2, 0.25) is 5.43 Å². The Morgan fingerprint density at radius 2 is 2.00 bits per heavy atom. The topological polar surface area (TPSA) is 91.6 Å². The van der Waals surface area contributed by atoms with Crippen molar-refractivity contribution in [3.8, 4) is 5.75 Å². The molecule has 0 radical (unpaired) electrons. The molecule has 0 spiro atoms. The highest BCUT2D eigenvalue weighted by Gasteiger charge is 2.66. The Morgan fingerprint density at radius 3 is 2.77 bits per heavy atom. The van der Waals surface area contributed by atoms with E-state index in [1.807, 2.05) is 11.8 Å². The lowest BCUT2D eigenvalue weighted by atomic mass is 9.79. The fourth-order valence-electron chi connectivity index (χ4n) is 6.73. The van der Waals surface area contributed by atoms with Gasteiger partial charge in [-0.05, 0) is 56.4 Å². The number of pyridine rings is 1. The third kappa shape index (κ3) is 3.09. The third-order valence-corrected chi connectivity index (χ3v) is 9.00. The SMILES string of the molecule is C[C@H]1CCC23CC[C@@H]4C(C2C3)N1C(=O)c1c(O)c(=O)c(C(=O)NCc2ccc(F)c(Cl)c2F)cn14. The molecule has 1 saturated heterocycles. The molecule has 7 nitrogen and oxygen atoms in total. The monoisotopic (exact) mass is 503 g/mol. The summed E-state index contributed by atoms with van der Waals surface area (Å²) in [6.07, 6.45) is 6.18. The van der Waals surface area contributed by atoms with E-state index in [-0.39, 0.29) is 52.8 Å². The van der Waals surface area contributed by atoms with Crippen molar-refractivity contribution in [2.45, 2.75) is 63.7 Å². The van der Waals surface area contributed by atoms with E-state index < -0.39 is 33.7 Å². The van der Waals surface area contributed by atoms with Crippen molar-refractivity contribution in [1.82, 2.24) is 14.8 Å². The van der Waals surface area contributed by atoms with E-state index in [9.17, 15) is 28.3 Å². The highest BCUT2D eigenvalue weighted by Crippen LogP contribution is 2.69. The Hall–Kier alpha value is -2.94. The van der Waals surface area contributed by atoms with E-state index in [2.05, 4.69) is 5.32 Å². The van der Waals surface area contributed by atoms with E-state index >= 15 is 0 Å². The summed E-state index contributed by atoms with van der Waals surface area (Å²) >= 11 is 5.60. The maximum Gasteiger partial charge on any atom is 0.275 e. The van der Waals surface area contributed by atoms with Crippen LogP contribution in [0.25, 0.3) is 0 Å². The van der Waals surface area contributed by atoms with E-state index in [4.69, 9.17) is 11.6 Å². The number of halogens is 3. The van der Waals surface area contributed by atoms with E-state index in [1.54, 1.807) is 4.57 Å². The largest absolute Gasteiger partial charge is 0.503 e. The van der Waals surface area contributed by atoms with Gasteiger partial charge >= 0.3 is 0 Å². The molecule has 35 heavy (non-hydrogen) atoms. The van der Waals surface area contributed by atoms with Crippen molar-refractivity contribution in [2.24, 2.45) is 11.3 Å². The van der Waals surface area contributed by atoms with Crippen LogP contribution < -0.4 is 10.7 Å². The molecule has 5 atom stereocenters. The number of rotatable bonds is 3. The second-order valence-corrected chi connectivity index (χ2v) is 10.7. The zero-order valence-corrected chi connectivity index (χ0v) is 19.7. The number of hydrogen-bond donors (Lipinski definition) is 2. The van der Waals surface area contributed by atoms with Gasteiger partial charge in [0.15, 0.2) is 11.4 Å². The van der Waals surface area contributed by atoms with Crippen LogP contribution in [-0.2, 0) is 6.54 Å². The maximum atomic E-state index is 14.2. The van der Waals surface area contributed by atoms with E-state index in [0.717, 1.165) is 44.2 Å². The second kappa shape index (κ2) is 7.53. The summed E-state index contributed by atoms with van der Waals surface area (Å²) in [5.41, 5.74) is -1.15. The highest BCUT2D eigenvalue weighted by molar-refractivity contribution is 6.30. The van der Waals surface area contributed by atoms with Gasteiger partial charge in [-0.25, -0.2) is 8.78 Å². The first kappa shape index (κ1) is 22.5. The standard InChI is InChI=1S/C25H24ClF2N3O4/c1-11-4-6-25-7-5-16-19(14(25)8-25)31(11)24(35)20-22(33)21(32)13(10-30(16)20)23(34)29-9-12-2-3-15(27)17(26)18(12)28/h2-3,10-11,14,16,19,33H,4-9H2,1H3,(H,29,34)/t11-,14?,16+,19?,25?/m0/s1. The van der Waals surface area contributed by atoms with Crippen molar-refractivity contribution in [3.63, 3.8) is 0 Å². The van der Waals surface area contributed by atoms with Crippen LogP contribution in [0.3, 0.4) is 0 Å². The normalized spacial score (nSPS) is 30.3. The molecule has 184 valence electrons. The van der Waals surface area contributed by atoms with Crippen LogP contribution in [0.1, 0.15) is 71.5 Å². The molecule has 2 aromatic rings. The molecular formula is C25H24ClF2N3O4. The van der Waals surface area contributed by atoms with Crippen molar-refractivity contribution >= 4 is 23.4 Å². The zero-order valence-electron chi connectivity index (χ0n) is 19.0. The van der Waals surface area contributed by atoms with Crippen molar-refractivity contribution < 1.29 is 23.5 Å². The number of nitrogens with one attached hydrogen (secondary N) is 1. The number of carbonyl (C=O) groups is 2. The average molecular weight is 504 g/mol. The summed E-state index contributed by atoms with van der Waals surface area (Å²) in [6, 6.07) is 1.96. The molecule has 2 N–H and O–H groups in total. The Kier molecular flexibility index (Phi) is 4.84. The fraction of sp³-hybridized carbons (Fsp3) is 0.480. The Morgan fingerprint density at radius 1 is 1.26 bits per heavy atom. The molecule has 3 fully saturated rings. The van der Waals surface area contributed by atoms with Gasteiger partial charge in [-0.3, -0.25) is 14.4 Å². The molecule has 6 rings (SSSR count). The number of hydrogen-bond acceptors (Lipinski definition) is 4. The summed E-state index contributed by atoms with van der Waals surface area (Å²) in [6.45, 7) is 1.67. The molecule has 2 aliphatic carbocycles. The van der Waals surface area contributed by atoms with Crippen molar-refractivity contribution in [3.05, 3.63) is 62.0 Å². The van der Waals surface area contributed by atoms with Crippen LogP contribution in [-0.4, -0.2) is 38.5 Å². The van der Waals surface area contributed by atoms with Crippen molar-refractivity contribution in [2.75, 3.05) is 0 Å². The minimum absolute atomic E-state index is 0.00133. The zero-order chi connectivity index (χ0) is 24.8. The molecule has 10 heteroatoms. The molecule has 4 aliphatic rings. The minimum atomic E-state index is -1.000. The third-order valence-electron chi connectivity index (χ3n) is 8.66. The number of nitrogens with zero attached hydrogens (tertiary/aromatic N) is 2. The summed E-state index contributed by atoms with van der Waals surface area (Å²) in [5.74, 6) is -3.50. The summed E-state index contributed by atoms with van der Waals surface area (Å²) in [7, 11) is 0. The predicted molar refractivity (Wildman–Crippen MR) is 122 cm³/mol. The Bertz CT molecular complexity index is 1360. The first-order chi connectivity index (χ1) is 16.6. The molecule has 1 aromatic carbocycles. The van der Waals surface area contributed by atoms with Gasteiger partial charge in [0.25, 0.3) is 11.8 Å². The lowest BCUT2D eigenvalue weighted by molar-refractivity contribution is 0.0281. The predicted octanol–water partition coefficient (Wildman–Crippen LogP) is 3.76. The van der Waals surface area contributed by atoms with Gasteiger partial charge in [-0.2, -0.15) is 0 Å². The average Bonchev–Trinajstić information content (AvgIpc) is 3.58. The summed E-state index contributed by atoms with van der Waals surface area (Å²) < 4.78 is 29.3. The van der Waals surface area contributed by atoms with Crippen LogP contribution in [0.5, 0.6) is 5.75 Å². The number of fused-ring (bicyclic) bond motifs is 2. The second-order valence-electron chi connectivity index (χ2n) is 10.4. The molecule has 2 saturated carbocycles. The van der Waals surface area contributed by atoms with Crippen molar-refractivity contribution in [1.29, 1.82) is 0 Å².